The molecule has 0 aromatic heterocycles. The SMILES string of the molecule is COc1ccc(F)cc1S(=O)(=O)N1CCC[C@@H](C(=O)Nc2cccc(F)c2)C1. The molecule has 1 fully saturated rings. The summed E-state index contributed by atoms with van der Waals surface area (Å²) in [5.41, 5.74) is 0.303. The number of carbonyl (C=O) groups is 1. The zero-order valence-electron chi connectivity index (χ0n) is 15.2. The van der Waals surface area contributed by atoms with E-state index in [0.717, 1.165) is 16.4 Å². The summed E-state index contributed by atoms with van der Waals surface area (Å²) in [4.78, 5) is 12.2. The second kappa shape index (κ2) is 8.24. The normalized spacial score (nSPS) is 17.9. The van der Waals surface area contributed by atoms with Crippen molar-refractivity contribution < 1.29 is 26.7 Å². The van der Waals surface area contributed by atoms with Crippen molar-refractivity contribution in [1.82, 2.24) is 4.31 Å². The Hall–Kier alpha value is -2.52. The summed E-state index contributed by atoms with van der Waals surface area (Å²) < 4.78 is 59.1. The highest BCUT2D eigenvalue weighted by Gasteiger charge is 2.35. The Labute approximate surface area is 162 Å². The molecule has 2 aromatic carbocycles. The largest absolute Gasteiger partial charge is 0.495 e. The summed E-state index contributed by atoms with van der Waals surface area (Å²) >= 11 is 0. The lowest BCUT2D eigenvalue weighted by atomic mass is 9.99. The van der Waals surface area contributed by atoms with E-state index in [-0.39, 0.29) is 23.7 Å². The Bertz CT molecular complexity index is 982. The minimum atomic E-state index is -4.04. The third-order valence-electron chi connectivity index (χ3n) is 4.59. The fraction of sp³-hybridized carbons (Fsp3) is 0.316. The molecule has 1 amide bonds. The zero-order valence-corrected chi connectivity index (χ0v) is 16.0. The second-order valence-corrected chi connectivity index (χ2v) is 8.40. The average Bonchev–Trinajstić information content (AvgIpc) is 2.68. The number of carbonyl (C=O) groups excluding carboxylic acids is 1. The van der Waals surface area contributed by atoms with Gasteiger partial charge in [-0.15, -0.1) is 0 Å². The molecule has 1 saturated heterocycles. The van der Waals surface area contributed by atoms with Crippen molar-refractivity contribution in [3.63, 3.8) is 0 Å². The van der Waals surface area contributed by atoms with Crippen molar-refractivity contribution in [2.75, 3.05) is 25.5 Å². The average molecular weight is 410 g/mol. The number of hydrogen-bond acceptors (Lipinski definition) is 4. The molecule has 6 nitrogen and oxygen atoms in total. The summed E-state index contributed by atoms with van der Waals surface area (Å²) in [7, 11) is -2.74. The van der Waals surface area contributed by atoms with Gasteiger partial charge >= 0.3 is 0 Å². The number of nitrogens with zero attached hydrogens (tertiary/aromatic N) is 1. The van der Waals surface area contributed by atoms with E-state index >= 15 is 0 Å². The van der Waals surface area contributed by atoms with E-state index in [9.17, 15) is 22.0 Å². The van der Waals surface area contributed by atoms with Gasteiger partial charge in [-0.25, -0.2) is 17.2 Å². The first kappa shape index (κ1) is 20.2. The van der Waals surface area contributed by atoms with Crippen molar-refractivity contribution >= 4 is 21.6 Å². The molecule has 0 bridgehead atoms. The lowest BCUT2D eigenvalue weighted by Gasteiger charge is -2.31. The number of halogens is 2. The van der Waals surface area contributed by atoms with Crippen molar-refractivity contribution in [2.45, 2.75) is 17.7 Å². The Morgan fingerprint density at radius 2 is 1.93 bits per heavy atom. The monoisotopic (exact) mass is 410 g/mol. The molecule has 0 saturated carbocycles. The highest BCUT2D eigenvalue weighted by atomic mass is 32.2. The molecule has 9 heteroatoms. The van der Waals surface area contributed by atoms with E-state index in [1.807, 2.05) is 0 Å². The van der Waals surface area contributed by atoms with Crippen molar-refractivity contribution in [2.24, 2.45) is 5.92 Å². The van der Waals surface area contributed by atoms with E-state index in [2.05, 4.69) is 5.32 Å². The van der Waals surface area contributed by atoms with E-state index < -0.39 is 33.5 Å². The number of amides is 1. The van der Waals surface area contributed by atoms with Crippen LogP contribution in [0.15, 0.2) is 47.4 Å². The summed E-state index contributed by atoms with van der Waals surface area (Å²) in [6, 6.07) is 8.74. The highest BCUT2D eigenvalue weighted by Crippen LogP contribution is 2.30. The van der Waals surface area contributed by atoms with Crippen LogP contribution in [0, 0.1) is 17.6 Å². The van der Waals surface area contributed by atoms with Gasteiger partial charge in [0.05, 0.1) is 13.0 Å². The third kappa shape index (κ3) is 4.31. The number of benzene rings is 2. The van der Waals surface area contributed by atoms with Crippen molar-refractivity contribution in [1.29, 1.82) is 0 Å². The van der Waals surface area contributed by atoms with Crippen molar-refractivity contribution in [3.05, 3.63) is 54.1 Å². The molecular formula is C19H20F2N2O4S. The number of hydrogen-bond donors (Lipinski definition) is 1. The van der Waals surface area contributed by atoms with Crippen molar-refractivity contribution in [3.8, 4) is 5.75 Å². The molecule has 0 radical (unpaired) electrons. The molecule has 0 spiro atoms. The van der Waals surface area contributed by atoms with E-state index in [1.54, 1.807) is 6.07 Å². The van der Waals surface area contributed by atoms with Gasteiger partial charge in [0.1, 0.15) is 22.3 Å². The van der Waals surface area contributed by atoms with Crippen LogP contribution in [-0.4, -0.2) is 38.8 Å². The van der Waals surface area contributed by atoms with Gasteiger partial charge in [0.2, 0.25) is 15.9 Å². The topological polar surface area (TPSA) is 75.7 Å². The lowest BCUT2D eigenvalue weighted by Crippen LogP contribution is -2.43. The summed E-state index contributed by atoms with van der Waals surface area (Å²) in [5.74, 6) is -2.14. The van der Waals surface area contributed by atoms with Crippen LogP contribution in [0.1, 0.15) is 12.8 Å². The fourth-order valence-corrected chi connectivity index (χ4v) is 4.87. The van der Waals surface area contributed by atoms with Crippen LogP contribution in [0.2, 0.25) is 0 Å². The molecule has 1 aliphatic heterocycles. The zero-order chi connectivity index (χ0) is 20.3. The summed E-state index contributed by atoms with van der Waals surface area (Å²) in [5, 5.41) is 2.61. The molecule has 0 unspecified atom stereocenters. The number of nitrogens with one attached hydrogen (secondary N) is 1. The van der Waals surface area contributed by atoms with E-state index in [0.29, 0.717) is 18.5 Å². The number of rotatable bonds is 5. The molecule has 2 aromatic rings. The molecule has 1 atom stereocenters. The van der Waals surface area contributed by atoms with E-state index in [1.165, 1.54) is 31.4 Å². The molecule has 1 heterocycles. The first-order chi connectivity index (χ1) is 13.3. The molecule has 0 aliphatic carbocycles. The Morgan fingerprint density at radius 1 is 1.18 bits per heavy atom. The molecule has 3 rings (SSSR count). The van der Waals surface area contributed by atoms with E-state index in [4.69, 9.17) is 4.74 Å². The summed E-state index contributed by atoms with van der Waals surface area (Å²) in [6.45, 7) is 0.162. The Balaban J connectivity index is 1.79. The highest BCUT2D eigenvalue weighted by molar-refractivity contribution is 7.89. The van der Waals surface area contributed by atoms with Gasteiger partial charge < -0.3 is 10.1 Å². The molecule has 28 heavy (non-hydrogen) atoms. The predicted molar refractivity (Wildman–Crippen MR) is 99.5 cm³/mol. The minimum absolute atomic E-state index is 0.0349. The number of ether oxygens (including phenoxy) is 1. The van der Waals surface area contributed by atoms with Gasteiger partial charge in [0, 0.05) is 18.8 Å². The van der Waals surface area contributed by atoms with Gasteiger partial charge in [-0.2, -0.15) is 4.31 Å². The maximum Gasteiger partial charge on any atom is 0.246 e. The van der Waals surface area contributed by atoms with Crippen LogP contribution in [0.3, 0.4) is 0 Å². The summed E-state index contributed by atoms with van der Waals surface area (Å²) in [6.07, 6.45) is 0.964. The molecule has 1 N–H and O–H groups in total. The Morgan fingerprint density at radius 3 is 2.64 bits per heavy atom. The van der Waals surface area contributed by atoms with Crippen LogP contribution in [0.5, 0.6) is 5.75 Å². The number of methoxy groups -OCH3 is 1. The van der Waals surface area contributed by atoms with Crippen LogP contribution < -0.4 is 10.1 Å². The smallest absolute Gasteiger partial charge is 0.246 e. The number of piperidine rings is 1. The predicted octanol–water partition coefficient (Wildman–Crippen LogP) is 3.01. The van der Waals surface area contributed by atoms with Crippen LogP contribution in [0.4, 0.5) is 14.5 Å². The standard InChI is InChI=1S/C19H20F2N2O4S/c1-27-17-8-7-15(21)11-18(17)28(25,26)23-9-3-4-13(12-23)19(24)22-16-6-2-5-14(20)10-16/h2,5-8,10-11,13H,3-4,9,12H2,1H3,(H,22,24)/t13-/m1/s1. The quantitative estimate of drug-likeness (QED) is 0.822. The number of anilines is 1. The van der Waals surface area contributed by atoms with Gasteiger partial charge in [-0.3, -0.25) is 4.79 Å². The van der Waals surface area contributed by atoms with Gasteiger partial charge in [-0.1, -0.05) is 6.07 Å². The van der Waals surface area contributed by atoms with Gasteiger partial charge in [0.15, 0.2) is 0 Å². The van der Waals surface area contributed by atoms with Gasteiger partial charge in [0.25, 0.3) is 0 Å². The third-order valence-corrected chi connectivity index (χ3v) is 6.48. The first-order valence-electron chi connectivity index (χ1n) is 8.71. The maximum atomic E-state index is 13.6. The lowest BCUT2D eigenvalue weighted by molar-refractivity contribution is -0.120. The molecular weight excluding hydrogens is 390 g/mol. The minimum Gasteiger partial charge on any atom is -0.495 e. The first-order valence-corrected chi connectivity index (χ1v) is 10.2. The molecule has 150 valence electrons. The van der Waals surface area contributed by atoms with Crippen LogP contribution in [0.25, 0.3) is 0 Å². The molecule has 1 aliphatic rings. The maximum absolute atomic E-state index is 13.6. The second-order valence-electron chi connectivity index (χ2n) is 6.50. The Kier molecular flexibility index (Phi) is 5.95. The van der Waals surface area contributed by atoms with Crippen LogP contribution >= 0.6 is 0 Å². The number of sulfonamides is 1. The van der Waals surface area contributed by atoms with Gasteiger partial charge in [-0.05, 0) is 49.2 Å². The van der Waals surface area contributed by atoms with Crippen LogP contribution in [-0.2, 0) is 14.8 Å². The fourth-order valence-electron chi connectivity index (χ4n) is 3.18.